The number of fused-ring (bicyclic) bond motifs is 1. The minimum Gasteiger partial charge on any atom is -0.465 e. The van der Waals surface area contributed by atoms with E-state index in [1.807, 2.05) is 0 Å². The van der Waals surface area contributed by atoms with E-state index in [2.05, 4.69) is 10.3 Å². The molecule has 0 saturated heterocycles. The van der Waals surface area contributed by atoms with Crippen LogP contribution in [-0.2, 0) is 6.54 Å². The number of halogens is 1. The summed E-state index contributed by atoms with van der Waals surface area (Å²) in [5, 5.41) is 11.6. The molecule has 0 bridgehead atoms. The Morgan fingerprint density at radius 2 is 2.41 bits per heavy atom. The third kappa shape index (κ3) is 2.06. The molecule has 6 heteroatoms. The number of nitrogens with zero attached hydrogens (tertiary/aromatic N) is 2. The van der Waals surface area contributed by atoms with Crippen LogP contribution in [0.15, 0.2) is 12.3 Å². The van der Waals surface area contributed by atoms with Gasteiger partial charge in [-0.1, -0.05) is 12.2 Å². The zero-order valence-corrected chi connectivity index (χ0v) is 9.27. The molecule has 0 unspecified atom stereocenters. The average Bonchev–Trinajstić information content (AvgIpc) is 2.52. The highest BCUT2D eigenvalue weighted by Crippen LogP contribution is 2.23. The summed E-state index contributed by atoms with van der Waals surface area (Å²) in [5.41, 5.74) is 0.964. The molecule has 2 rings (SSSR count). The van der Waals surface area contributed by atoms with Crippen LogP contribution < -0.4 is 5.32 Å². The Bertz CT molecular complexity index is 488. The zero-order valence-electron chi connectivity index (χ0n) is 9.27. The van der Waals surface area contributed by atoms with Crippen molar-refractivity contribution in [3.63, 3.8) is 0 Å². The van der Waals surface area contributed by atoms with E-state index < -0.39 is 11.9 Å². The lowest BCUT2D eigenvalue weighted by molar-refractivity contribution is 0.147. The molecule has 1 aromatic rings. The van der Waals surface area contributed by atoms with E-state index in [1.165, 1.54) is 6.20 Å². The standard InChI is InChI=1S/C11H12FN3O2/c1-13-10-9(12)8-6-15(11(16)17)4-2-3-7(8)5-14-10/h2-3,5H,4,6H2,1H3,(H,13,14)(H,16,17). The van der Waals surface area contributed by atoms with E-state index in [1.54, 1.807) is 19.2 Å². The maximum atomic E-state index is 14.0. The van der Waals surface area contributed by atoms with Crippen molar-refractivity contribution in [3.8, 4) is 0 Å². The van der Waals surface area contributed by atoms with Crippen molar-refractivity contribution in [2.75, 3.05) is 18.9 Å². The van der Waals surface area contributed by atoms with Crippen molar-refractivity contribution in [1.29, 1.82) is 0 Å². The SMILES string of the molecule is CNc1ncc2c(c1F)CN(C(=O)O)CC=C2. The van der Waals surface area contributed by atoms with E-state index in [9.17, 15) is 9.18 Å². The molecule has 0 radical (unpaired) electrons. The minimum absolute atomic E-state index is 0.0285. The number of pyridine rings is 1. The lowest BCUT2D eigenvalue weighted by atomic mass is 10.1. The quantitative estimate of drug-likeness (QED) is 0.781. The molecular weight excluding hydrogens is 225 g/mol. The first-order valence-corrected chi connectivity index (χ1v) is 5.13. The van der Waals surface area contributed by atoms with Crippen LogP contribution in [0.25, 0.3) is 6.08 Å². The molecule has 2 heterocycles. The largest absolute Gasteiger partial charge is 0.465 e. The van der Waals surface area contributed by atoms with Gasteiger partial charge in [0.05, 0.1) is 6.54 Å². The fourth-order valence-electron chi connectivity index (χ4n) is 1.72. The Morgan fingerprint density at radius 1 is 1.65 bits per heavy atom. The van der Waals surface area contributed by atoms with Crippen molar-refractivity contribution in [3.05, 3.63) is 29.2 Å². The highest BCUT2D eigenvalue weighted by molar-refractivity contribution is 5.67. The van der Waals surface area contributed by atoms with Gasteiger partial charge < -0.3 is 15.3 Å². The Kier molecular flexibility index (Phi) is 2.95. The molecule has 0 fully saturated rings. The monoisotopic (exact) mass is 237 g/mol. The second-order valence-electron chi connectivity index (χ2n) is 3.67. The van der Waals surface area contributed by atoms with Crippen molar-refractivity contribution in [2.45, 2.75) is 6.54 Å². The first-order valence-electron chi connectivity index (χ1n) is 5.13. The molecule has 2 N–H and O–H groups in total. The van der Waals surface area contributed by atoms with Gasteiger partial charge in [-0.3, -0.25) is 0 Å². The Labute approximate surface area is 97.6 Å². The summed E-state index contributed by atoms with van der Waals surface area (Å²) in [6, 6.07) is 0. The normalized spacial score (nSPS) is 14.1. The van der Waals surface area contributed by atoms with E-state index in [-0.39, 0.29) is 18.9 Å². The molecule has 17 heavy (non-hydrogen) atoms. The third-order valence-corrected chi connectivity index (χ3v) is 2.63. The van der Waals surface area contributed by atoms with E-state index >= 15 is 0 Å². The fourth-order valence-corrected chi connectivity index (χ4v) is 1.72. The van der Waals surface area contributed by atoms with E-state index in [0.717, 1.165) is 4.90 Å². The van der Waals surface area contributed by atoms with Gasteiger partial charge in [-0.2, -0.15) is 0 Å². The van der Waals surface area contributed by atoms with Crippen LogP contribution in [0.2, 0.25) is 0 Å². The average molecular weight is 237 g/mol. The molecular formula is C11H12FN3O2. The second kappa shape index (κ2) is 4.40. The van der Waals surface area contributed by atoms with Gasteiger partial charge in [0.2, 0.25) is 0 Å². The van der Waals surface area contributed by atoms with E-state index in [0.29, 0.717) is 11.1 Å². The van der Waals surface area contributed by atoms with Gasteiger partial charge in [0.15, 0.2) is 11.6 Å². The molecule has 1 aliphatic rings. The number of carbonyl (C=O) groups is 1. The summed E-state index contributed by atoms with van der Waals surface area (Å²) in [6.07, 6.45) is 3.84. The second-order valence-corrected chi connectivity index (χ2v) is 3.67. The van der Waals surface area contributed by atoms with Gasteiger partial charge in [0.1, 0.15) is 0 Å². The van der Waals surface area contributed by atoms with Crippen molar-refractivity contribution >= 4 is 18.0 Å². The molecule has 1 amide bonds. The lowest BCUT2D eigenvalue weighted by Gasteiger charge is -2.17. The molecule has 90 valence electrons. The minimum atomic E-state index is -1.07. The number of aromatic nitrogens is 1. The van der Waals surface area contributed by atoms with Crippen LogP contribution in [-0.4, -0.2) is 34.7 Å². The van der Waals surface area contributed by atoms with Crippen LogP contribution in [0.1, 0.15) is 11.1 Å². The lowest BCUT2D eigenvalue weighted by Crippen LogP contribution is -2.29. The maximum absolute atomic E-state index is 14.0. The molecule has 0 aromatic carbocycles. The smallest absolute Gasteiger partial charge is 0.407 e. The highest BCUT2D eigenvalue weighted by Gasteiger charge is 2.20. The van der Waals surface area contributed by atoms with Crippen LogP contribution in [0.5, 0.6) is 0 Å². The number of carboxylic acid groups (broad SMARTS) is 1. The van der Waals surface area contributed by atoms with Gasteiger partial charge in [0, 0.05) is 30.9 Å². The summed E-state index contributed by atoms with van der Waals surface area (Å²) in [7, 11) is 1.57. The first kappa shape index (κ1) is 11.4. The predicted octanol–water partition coefficient (Wildman–Crippen LogP) is 1.77. The zero-order chi connectivity index (χ0) is 12.4. The number of anilines is 1. The molecule has 1 aromatic heterocycles. The summed E-state index contributed by atoms with van der Waals surface area (Å²) in [5.74, 6) is -0.368. The Hall–Kier alpha value is -2.11. The summed E-state index contributed by atoms with van der Waals surface area (Å²) in [4.78, 5) is 16.0. The maximum Gasteiger partial charge on any atom is 0.407 e. The van der Waals surface area contributed by atoms with Gasteiger partial charge in [0.25, 0.3) is 0 Å². The topological polar surface area (TPSA) is 65.5 Å². The van der Waals surface area contributed by atoms with Gasteiger partial charge >= 0.3 is 6.09 Å². The molecule has 0 spiro atoms. The van der Waals surface area contributed by atoms with Crippen LogP contribution in [0, 0.1) is 5.82 Å². The summed E-state index contributed by atoms with van der Waals surface area (Å²) in [6.45, 7) is 0.277. The van der Waals surface area contributed by atoms with Gasteiger partial charge in [-0.15, -0.1) is 0 Å². The third-order valence-electron chi connectivity index (χ3n) is 2.63. The van der Waals surface area contributed by atoms with Crippen molar-refractivity contribution in [2.24, 2.45) is 0 Å². The molecule has 0 saturated carbocycles. The van der Waals surface area contributed by atoms with Gasteiger partial charge in [-0.05, 0) is 0 Å². The predicted molar refractivity (Wildman–Crippen MR) is 61.2 cm³/mol. The summed E-state index contributed by atoms with van der Waals surface area (Å²) < 4.78 is 14.0. The van der Waals surface area contributed by atoms with Crippen LogP contribution in [0.3, 0.4) is 0 Å². The summed E-state index contributed by atoms with van der Waals surface area (Å²) >= 11 is 0. The molecule has 5 nitrogen and oxygen atoms in total. The number of rotatable bonds is 1. The number of amides is 1. The fraction of sp³-hybridized carbons (Fsp3) is 0.273. The van der Waals surface area contributed by atoms with Crippen molar-refractivity contribution in [1.82, 2.24) is 9.88 Å². The molecule has 1 aliphatic heterocycles. The highest BCUT2D eigenvalue weighted by atomic mass is 19.1. The number of nitrogens with one attached hydrogen (secondary N) is 1. The molecule has 0 atom stereocenters. The Balaban J connectivity index is 2.47. The number of hydrogen-bond acceptors (Lipinski definition) is 3. The van der Waals surface area contributed by atoms with Crippen molar-refractivity contribution < 1.29 is 14.3 Å². The molecule has 0 aliphatic carbocycles. The van der Waals surface area contributed by atoms with E-state index in [4.69, 9.17) is 5.11 Å². The first-order chi connectivity index (χ1) is 8.13. The van der Waals surface area contributed by atoms with Crippen LogP contribution in [0.4, 0.5) is 15.0 Å². The van der Waals surface area contributed by atoms with Gasteiger partial charge in [-0.25, -0.2) is 14.2 Å². The Morgan fingerprint density at radius 3 is 3.06 bits per heavy atom. The van der Waals surface area contributed by atoms with Crippen LogP contribution >= 0.6 is 0 Å². The number of hydrogen-bond donors (Lipinski definition) is 2.